The molecule has 0 radical (unpaired) electrons. The molecule has 5 heteroatoms. The molecular formula is C16H16Cl2N2O. The highest BCUT2D eigenvalue weighted by atomic mass is 35.5. The van der Waals surface area contributed by atoms with Crippen LogP contribution in [0.2, 0.25) is 10.3 Å². The molecule has 110 valence electrons. The summed E-state index contributed by atoms with van der Waals surface area (Å²) in [4.78, 5) is 8.86. The van der Waals surface area contributed by atoms with Crippen molar-refractivity contribution in [2.45, 2.75) is 32.3 Å². The van der Waals surface area contributed by atoms with Gasteiger partial charge in [0.25, 0.3) is 0 Å². The number of benzene rings is 1. The summed E-state index contributed by atoms with van der Waals surface area (Å²) in [6.07, 6.45) is 1.87. The lowest BCUT2D eigenvalue weighted by Crippen LogP contribution is -2.23. The molecule has 21 heavy (non-hydrogen) atoms. The third kappa shape index (κ3) is 2.78. The monoisotopic (exact) mass is 322 g/mol. The molecule has 2 heterocycles. The van der Waals surface area contributed by atoms with Crippen molar-refractivity contribution < 1.29 is 4.74 Å². The largest absolute Gasteiger partial charge is 0.367 e. The Morgan fingerprint density at radius 2 is 1.71 bits per heavy atom. The maximum absolute atomic E-state index is 6.36. The van der Waals surface area contributed by atoms with Crippen molar-refractivity contribution in [2.75, 3.05) is 6.61 Å². The van der Waals surface area contributed by atoms with E-state index in [0.717, 1.165) is 25.0 Å². The van der Waals surface area contributed by atoms with Crippen LogP contribution in [-0.2, 0) is 10.3 Å². The Hall–Kier alpha value is -1.16. The molecule has 0 aliphatic carbocycles. The molecule has 0 amide bonds. The molecule has 1 fully saturated rings. The third-order valence-electron chi connectivity index (χ3n) is 3.85. The summed E-state index contributed by atoms with van der Waals surface area (Å²) in [5, 5.41) is 0.733. The zero-order valence-corrected chi connectivity index (χ0v) is 13.5. The first-order valence-corrected chi connectivity index (χ1v) is 7.70. The molecule has 0 spiro atoms. The van der Waals surface area contributed by atoms with E-state index >= 15 is 0 Å². The number of ether oxygens (including phenoxy) is 1. The van der Waals surface area contributed by atoms with Crippen LogP contribution in [-0.4, -0.2) is 16.6 Å². The van der Waals surface area contributed by atoms with Crippen LogP contribution in [0.1, 0.15) is 31.2 Å². The van der Waals surface area contributed by atoms with Gasteiger partial charge in [-0.25, -0.2) is 9.97 Å². The fourth-order valence-electron chi connectivity index (χ4n) is 2.56. The van der Waals surface area contributed by atoms with Gasteiger partial charge in [0, 0.05) is 6.61 Å². The Kier molecular flexibility index (Phi) is 3.91. The molecule has 1 aromatic heterocycles. The first kappa shape index (κ1) is 14.8. The Labute approximate surface area is 134 Å². The Balaban J connectivity index is 2.06. The topological polar surface area (TPSA) is 35.0 Å². The van der Waals surface area contributed by atoms with Crippen LogP contribution >= 0.6 is 23.2 Å². The lowest BCUT2D eigenvalue weighted by molar-refractivity contribution is 0.00937. The zero-order valence-electron chi connectivity index (χ0n) is 12.0. The molecule has 1 aliphatic rings. The minimum Gasteiger partial charge on any atom is -0.367 e. The molecule has 1 aromatic carbocycles. The third-order valence-corrected chi connectivity index (χ3v) is 4.40. The molecule has 0 saturated carbocycles. The Morgan fingerprint density at radius 1 is 1.10 bits per heavy atom. The smallest absolute Gasteiger partial charge is 0.163 e. The average Bonchev–Trinajstić information content (AvgIpc) is 2.88. The van der Waals surface area contributed by atoms with E-state index in [1.165, 1.54) is 5.56 Å². The molecule has 3 nitrogen and oxygen atoms in total. The van der Waals surface area contributed by atoms with Crippen LogP contribution in [0.25, 0.3) is 11.1 Å². The minimum absolute atomic E-state index is 0.366. The van der Waals surface area contributed by atoms with Crippen molar-refractivity contribution in [2.24, 2.45) is 0 Å². The van der Waals surface area contributed by atoms with Crippen LogP contribution in [0.3, 0.4) is 0 Å². The fourth-order valence-corrected chi connectivity index (χ4v) is 3.16. The van der Waals surface area contributed by atoms with Gasteiger partial charge in [0.1, 0.15) is 15.9 Å². The van der Waals surface area contributed by atoms with Gasteiger partial charge in [-0.3, -0.25) is 0 Å². The highest BCUT2D eigenvalue weighted by Crippen LogP contribution is 2.38. The summed E-state index contributed by atoms with van der Waals surface area (Å²) < 4.78 is 5.76. The molecule has 1 atom stereocenters. The number of aryl methyl sites for hydroxylation is 1. The van der Waals surface area contributed by atoms with E-state index < -0.39 is 5.60 Å². The first-order chi connectivity index (χ1) is 9.99. The van der Waals surface area contributed by atoms with E-state index in [-0.39, 0.29) is 0 Å². The summed E-state index contributed by atoms with van der Waals surface area (Å²) in [5.74, 6) is 0.561. The van der Waals surface area contributed by atoms with E-state index in [4.69, 9.17) is 27.9 Å². The van der Waals surface area contributed by atoms with Gasteiger partial charge in [-0.1, -0.05) is 53.0 Å². The second-order valence-electron chi connectivity index (χ2n) is 5.55. The van der Waals surface area contributed by atoms with E-state index in [1.54, 1.807) is 0 Å². The SMILES string of the molecule is Cc1ccc(-c2c(Cl)nc(C3(C)CCCO3)nc2Cl)cc1. The molecule has 1 aliphatic heterocycles. The summed E-state index contributed by atoms with van der Waals surface area (Å²) >= 11 is 12.7. The second kappa shape index (κ2) is 5.56. The molecule has 2 aromatic rings. The van der Waals surface area contributed by atoms with Crippen LogP contribution in [0.15, 0.2) is 24.3 Å². The van der Waals surface area contributed by atoms with Gasteiger partial charge in [0.15, 0.2) is 5.82 Å². The molecule has 0 N–H and O–H groups in total. The number of aromatic nitrogens is 2. The van der Waals surface area contributed by atoms with E-state index in [1.807, 2.05) is 38.1 Å². The van der Waals surface area contributed by atoms with Gasteiger partial charge in [0.05, 0.1) is 5.56 Å². The van der Waals surface area contributed by atoms with E-state index in [2.05, 4.69) is 9.97 Å². The van der Waals surface area contributed by atoms with Crippen molar-refractivity contribution in [3.63, 3.8) is 0 Å². The van der Waals surface area contributed by atoms with Gasteiger partial charge in [-0.2, -0.15) is 0 Å². The van der Waals surface area contributed by atoms with Crippen LogP contribution < -0.4 is 0 Å². The maximum atomic E-state index is 6.36. The number of hydrogen-bond donors (Lipinski definition) is 0. The van der Waals surface area contributed by atoms with Gasteiger partial charge in [-0.05, 0) is 32.3 Å². The number of halogens is 2. The van der Waals surface area contributed by atoms with Crippen LogP contribution in [0, 0.1) is 6.92 Å². The Bertz CT molecular complexity index is 641. The van der Waals surface area contributed by atoms with Gasteiger partial charge < -0.3 is 4.74 Å². The van der Waals surface area contributed by atoms with E-state index in [0.29, 0.717) is 21.7 Å². The Morgan fingerprint density at radius 3 is 2.24 bits per heavy atom. The quantitative estimate of drug-likeness (QED) is 0.746. The second-order valence-corrected chi connectivity index (χ2v) is 6.27. The van der Waals surface area contributed by atoms with Crippen LogP contribution in [0.5, 0.6) is 0 Å². The highest BCUT2D eigenvalue weighted by molar-refractivity contribution is 6.37. The van der Waals surface area contributed by atoms with Crippen molar-refractivity contribution in [3.05, 3.63) is 46.0 Å². The zero-order chi connectivity index (χ0) is 15.0. The number of rotatable bonds is 2. The van der Waals surface area contributed by atoms with Gasteiger partial charge in [0.2, 0.25) is 0 Å². The standard InChI is InChI=1S/C16H16Cl2N2O/c1-10-4-6-11(7-5-10)12-13(17)19-15(20-14(12)18)16(2)8-3-9-21-16/h4-7H,3,8-9H2,1-2H3. The van der Waals surface area contributed by atoms with Crippen molar-refractivity contribution >= 4 is 23.2 Å². The average molecular weight is 323 g/mol. The first-order valence-electron chi connectivity index (χ1n) is 6.94. The summed E-state index contributed by atoms with van der Waals surface area (Å²) in [6.45, 7) is 4.73. The summed E-state index contributed by atoms with van der Waals surface area (Å²) in [6, 6.07) is 7.97. The minimum atomic E-state index is -0.487. The van der Waals surface area contributed by atoms with Gasteiger partial charge >= 0.3 is 0 Å². The summed E-state index contributed by atoms with van der Waals surface area (Å²) in [7, 11) is 0. The number of hydrogen-bond acceptors (Lipinski definition) is 3. The van der Waals surface area contributed by atoms with E-state index in [9.17, 15) is 0 Å². The molecule has 0 bridgehead atoms. The van der Waals surface area contributed by atoms with Crippen LogP contribution in [0.4, 0.5) is 0 Å². The van der Waals surface area contributed by atoms with Gasteiger partial charge in [-0.15, -0.1) is 0 Å². The lowest BCUT2D eigenvalue weighted by Gasteiger charge is -2.22. The molecule has 1 saturated heterocycles. The molecule has 1 unspecified atom stereocenters. The highest BCUT2D eigenvalue weighted by Gasteiger charge is 2.35. The number of nitrogens with zero attached hydrogens (tertiary/aromatic N) is 2. The lowest BCUT2D eigenvalue weighted by atomic mass is 10.0. The fraction of sp³-hybridized carbons (Fsp3) is 0.375. The van der Waals surface area contributed by atoms with Crippen molar-refractivity contribution in [3.8, 4) is 11.1 Å². The maximum Gasteiger partial charge on any atom is 0.163 e. The van der Waals surface area contributed by atoms with Crippen molar-refractivity contribution in [1.29, 1.82) is 0 Å². The molecular weight excluding hydrogens is 307 g/mol. The predicted octanol–water partition coefficient (Wildman–Crippen LogP) is 4.78. The normalized spacial score (nSPS) is 21.7. The predicted molar refractivity (Wildman–Crippen MR) is 84.8 cm³/mol. The van der Waals surface area contributed by atoms with Crippen molar-refractivity contribution in [1.82, 2.24) is 9.97 Å². The summed E-state index contributed by atoms with van der Waals surface area (Å²) in [5.41, 5.74) is 2.28. The molecule has 3 rings (SSSR count).